The van der Waals surface area contributed by atoms with Crippen LogP contribution >= 0.6 is 0 Å². The summed E-state index contributed by atoms with van der Waals surface area (Å²) in [7, 11) is 1.88. The fourth-order valence-corrected chi connectivity index (χ4v) is 1.98. The van der Waals surface area contributed by atoms with Crippen molar-refractivity contribution in [2.45, 2.75) is 12.5 Å². The summed E-state index contributed by atoms with van der Waals surface area (Å²) >= 11 is 0. The number of hydrogen-bond donors (Lipinski definition) is 1. The van der Waals surface area contributed by atoms with Gasteiger partial charge in [0, 0.05) is 5.69 Å². The van der Waals surface area contributed by atoms with Crippen LogP contribution in [0.25, 0.3) is 0 Å². The summed E-state index contributed by atoms with van der Waals surface area (Å²) in [6.07, 6.45) is 0.877. The topological polar surface area (TPSA) is 41.6 Å². The maximum atomic E-state index is 12.9. The van der Waals surface area contributed by atoms with E-state index in [4.69, 9.17) is 4.74 Å². The van der Waals surface area contributed by atoms with Gasteiger partial charge in [-0.1, -0.05) is 0 Å². The molecule has 1 aliphatic heterocycles. The number of ether oxygens (including phenoxy) is 1. The average molecular weight is 252 g/mol. The van der Waals surface area contributed by atoms with Crippen LogP contribution in [0.15, 0.2) is 24.3 Å². The van der Waals surface area contributed by atoms with Gasteiger partial charge in [-0.25, -0.2) is 4.39 Å². The molecule has 0 aromatic heterocycles. The minimum atomic E-state index is -0.300. The van der Waals surface area contributed by atoms with Gasteiger partial charge < -0.3 is 15.0 Å². The lowest BCUT2D eigenvalue weighted by molar-refractivity contribution is -0.129. The van der Waals surface area contributed by atoms with Gasteiger partial charge in [-0.3, -0.25) is 4.79 Å². The van der Waals surface area contributed by atoms with E-state index in [2.05, 4.69) is 5.32 Å². The molecule has 1 amide bonds. The van der Waals surface area contributed by atoms with Crippen LogP contribution in [0.5, 0.6) is 0 Å². The Bertz CT molecular complexity index is 408. The normalized spacial score (nSPS) is 20.2. The Balaban J connectivity index is 2.05. The molecule has 5 heteroatoms. The molecule has 1 aliphatic rings. The molecule has 1 aromatic rings. The monoisotopic (exact) mass is 252 g/mol. The van der Waals surface area contributed by atoms with E-state index in [1.165, 1.54) is 12.1 Å². The van der Waals surface area contributed by atoms with Gasteiger partial charge in [0.25, 0.3) is 5.91 Å². The highest BCUT2D eigenvalue weighted by atomic mass is 19.1. The zero-order valence-corrected chi connectivity index (χ0v) is 10.4. The number of hydrogen-bond acceptors (Lipinski definition) is 3. The molecule has 0 radical (unpaired) electrons. The number of morpholine rings is 1. The molecular weight excluding hydrogens is 235 g/mol. The molecule has 0 saturated carbocycles. The molecule has 2 rings (SSSR count). The molecule has 0 bridgehead atoms. The highest BCUT2D eigenvalue weighted by Crippen LogP contribution is 2.19. The summed E-state index contributed by atoms with van der Waals surface area (Å²) in [4.78, 5) is 13.4. The quantitative estimate of drug-likeness (QED) is 0.874. The van der Waals surface area contributed by atoms with Crippen LogP contribution in [0.3, 0.4) is 0 Å². The third kappa shape index (κ3) is 3.05. The SMILES string of the molecule is CNCCC1CN(c2ccc(F)cc2)C(=O)CO1. The molecule has 1 aromatic carbocycles. The van der Waals surface area contributed by atoms with Crippen molar-refractivity contribution in [1.82, 2.24) is 5.32 Å². The lowest BCUT2D eigenvalue weighted by Crippen LogP contribution is -2.47. The second-order valence-electron chi connectivity index (χ2n) is 4.31. The predicted molar refractivity (Wildman–Crippen MR) is 67.0 cm³/mol. The van der Waals surface area contributed by atoms with Gasteiger partial charge in [-0.05, 0) is 44.3 Å². The van der Waals surface area contributed by atoms with Gasteiger partial charge in [0.15, 0.2) is 0 Å². The smallest absolute Gasteiger partial charge is 0.253 e. The highest BCUT2D eigenvalue weighted by Gasteiger charge is 2.26. The van der Waals surface area contributed by atoms with Gasteiger partial charge in [-0.2, -0.15) is 0 Å². The Kier molecular flexibility index (Phi) is 4.28. The van der Waals surface area contributed by atoms with E-state index in [0.717, 1.165) is 18.7 Å². The Morgan fingerprint density at radius 1 is 1.44 bits per heavy atom. The second-order valence-corrected chi connectivity index (χ2v) is 4.31. The van der Waals surface area contributed by atoms with Gasteiger partial charge >= 0.3 is 0 Å². The van der Waals surface area contributed by atoms with Gasteiger partial charge in [0.05, 0.1) is 12.6 Å². The van der Waals surface area contributed by atoms with Crippen LogP contribution < -0.4 is 10.2 Å². The number of anilines is 1. The van der Waals surface area contributed by atoms with E-state index in [1.54, 1.807) is 17.0 Å². The van der Waals surface area contributed by atoms with Crippen LogP contribution in [0, 0.1) is 5.82 Å². The number of nitrogens with one attached hydrogen (secondary N) is 1. The van der Waals surface area contributed by atoms with Crippen LogP contribution in [0.4, 0.5) is 10.1 Å². The maximum absolute atomic E-state index is 12.9. The van der Waals surface area contributed by atoms with Crippen LogP contribution in [0.2, 0.25) is 0 Å². The largest absolute Gasteiger partial charge is 0.366 e. The Hall–Kier alpha value is -1.46. The fourth-order valence-electron chi connectivity index (χ4n) is 1.98. The third-order valence-corrected chi connectivity index (χ3v) is 2.98. The molecule has 1 unspecified atom stereocenters. The summed E-state index contributed by atoms with van der Waals surface area (Å²) in [6, 6.07) is 5.96. The van der Waals surface area contributed by atoms with E-state index in [-0.39, 0.29) is 24.4 Å². The summed E-state index contributed by atoms with van der Waals surface area (Å²) in [5.74, 6) is -0.381. The Labute approximate surface area is 106 Å². The first-order chi connectivity index (χ1) is 8.70. The first kappa shape index (κ1) is 13.0. The average Bonchev–Trinajstić information content (AvgIpc) is 2.39. The van der Waals surface area contributed by atoms with Crippen LogP contribution in [-0.4, -0.2) is 38.8 Å². The van der Waals surface area contributed by atoms with Gasteiger partial charge in [0.2, 0.25) is 0 Å². The molecule has 4 nitrogen and oxygen atoms in total. The highest BCUT2D eigenvalue weighted by molar-refractivity contribution is 5.94. The van der Waals surface area contributed by atoms with Crippen LogP contribution in [-0.2, 0) is 9.53 Å². The van der Waals surface area contributed by atoms with Crippen molar-refractivity contribution in [3.05, 3.63) is 30.1 Å². The molecule has 1 fully saturated rings. The summed E-state index contributed by atoms with van der Waals surface area (Å²) in [5, 5.41) is 3.06. The first-order valence-electron chi connectivity index (χ1n) is 6.03. The van der Waals surface area contributed by atoms with Crippen molar-refractivity contribution >= 4 is 11.6 Å². The van der Waals surface area contributed by atoms with Gasteiger partial charge in [0.1, 0.15) is 12.4 Å². The minimum absolute atomic E-state index is 0.0280. The predicted octanol–water partition coefficient (Wildman–Crippen LogP) is 1.17. The van der Waals surface area contributed by atoms with E-state index in [9.17, 15) is 9.18 Å². The van der Waals surface area contributed by atoms with E-state index >= 15 is 0 Å². The number of amides is 1. The maximum Gasteiger partial charge on any atom is 0.253 e. The first-order valence-corrected chi connectivity index (χ1v) is 6.03. The molecule has 98 valence electrons. The number of carbonyl (C=O) groups excluding carboxylic acids is 1. The standard InChI is InChI=1S/C13H17FN2O2/c1-15-7-6-12-8-16(13(17)9-18-12)11-4-2-10(14)3-5-11/h2-5,12,15H,6-9H2,1H3. The molecular formula is C13H17FN2O2. The molecule has 1 N–H and O–H groups in total. The molecule has 1 saturated heterocycles. The lowest BCUT2D eigenvalue weighted by Gasteiger charge is -2.32. The van der Waals surface area contributed by atoms with Crippen molar-refractivity contribution in [3.8, 4) is 0 Å². The summed E-state index contributed by atoms with van der Waals surface area (Å²) in [5.41, 5.74) is 0.721. The third-order valence-electron chi connectivity index (χ3n) is 2.98. The van der Waals surface area contributed by atoms with Crippen molar-refractivity contribution < 1.29 is 13.9 Å². The van der Waals surface area contributed by atoms with E-state index in [0.29, 0.717) is 6.54 Å². The summed E-state index contributed by atoms with van der Waals surface area (Å²) in [6.45, 7) is 1.45. The lowest BCUT2D eigenvalue weighted by atomic mass is 10.1. The number of nitrogens with zero attached hydrogens (tertiary/aromatic N) is 1. The molecule has 0 spiro atoms. The molecule has 18 heavy (non-hydrogen) atoms. The van der Waals surface area contributed by atoms with E-state index in [1.807, 2.05) is 7.05 Å². The van der Waals surface area contributed by atoms with Crippen LogP contribution in [0.1, 0.15) is 6.42 Å². The molecule has 1 heterocycles. The van der Waals surface area contributed by atoms with Crippen molar-refractivity contribution in [1.29, 1.82) is 0 Å². The zero-order valence-electron chi connectivity index (χ0n) is 10.4. The fraction of sp³-hybridized carbons (Fsp3) is 0.462. The van der Waals surface area contributed by atoms with Crippen molar-refractivity contribution in [2.75, 3.05) is 31.6 Å². The van der Waals surface area contributed by atoms with Crippen molar-refractivity contribution in [2.24, 2.45) is 0 Å². The second kappa shape index (κ2) is 5.93. The Morgan fingerprint density at radius 2 is 2.17 bits per heavy atom. The van der Waals surface area contributed by atoms with E-state index < -0.39 is 0 Å². The van der Waals surface area contributed by atoms with Crippen molar-refractivity contribution in [3.63, 3.8) is 0 Å². The van der Waals surface area contributed by atoms with Gasteiger partial charge in [-0.15, -0.1) is 0 Å². The number of halogens is 1. The zero-order chi connectivity index (χ0) is 13.0. The Morgan fingerprint density at radius 3 is 2.83 bits per heavy atom. The minimum Gasteiger partial charge on any atom is -0.366 e. The number of benzene rings is 1. The molecule has 1 atom stereocenters. The number of rotatable bonds is 4. The molecule has 0 aliphatic carbocycles. The number of carbonyl (C=O) groups is 1. The summed E-state index contributed by atoms with van der Waals surface area (Å²) < 4.78 is 18.3.